The maximum atomic E-state index is 13.0. The van der Waals surface area contributed by atoms with Crippen molar-refractivity contribution in [3.63, 3.8) is 0 Å². The minimum Gasteiger partial charge on any atom is -0.495 e. The molecule has 3 N–H and O–H groups in total. The molecule has 6 heteroatoms. The lowest BCUT2D eigenvalue weighted by Crippen LogP contribution is -2.43. The van der Waals surface area contributed by atoms with Crippen LogP contribution in [0, 0.1) is 5.92 Å². The molecule has 2 aromatic carbocycles. The van der Waals surface area contributed by atoms with Crippen LogP contribution in [0.2, 0.25) is 0 Å². The second-order valence-electron chi connectivity index (χ2n) is 6.73. The zero-order valence-corrected chi connectivity index (χ0v) is 16.7. The average molecular weight is 383 g/mol. The van der Waals surface area contributed by atoms with E-state index in [1.807, 2.05) is 49.4 Å². The Bertz CT molecular complexity index is 780. The summed E-state index contributed by atoms with van der Waals surface area (Å²) in [5.74, 6) is -0.267. The topological polar surface area (TPSA) is 84.7 Å². The number of hydrogen-bond donors (Lipinski definition) is 2. The Kier molecular flexibility index (Phi) is 8.02. The fourth-order valence-corrected chi connectivity index (χ4v) is 3.05. The highest BCUT2D eigenvalue weighted by atomic mass is 16.5. The number of methoxy groups -OCH3 is 1. The van der Waals surface area contributed by atoms with Gasteiger partial charge in [0.05, 0.1) is 25.3 Å². The van der Waals surface area contributed by atoms with E-state index < -0.39 is 12.0 Å². The van der Waals surface area contributed by atoms with Gasteiger partial charge in [-0.15, -0.1) is 0 Å². The highest BCUT2D eigenvalue weighted by molar-refractivity contribution is 5.96. The summed E-state index contributed by atoms with van der Waals surface area (Å²) >= 11 is 0. The van der Waals surface area contributed by atoms with Crippen LogP contribution in [0.1, 0.15) is 31.9 Å². The molecule has 0 aliphatic carbocycles. The molecule has 0 saturated heterocycles. The number of benzene rings is 2. The van der Waals surface area contributed by atoms with Crippen LogP contribution in [0.5, 0.6) is 5.75 Å². The molecule has 2 rings (SSSR count). The predicted molar refractivity (Wildman–Crippen MR) is 111 cm³/mol. The van der Waals surface area contributed by atoms with Gasteiger partial charge in [-0.25, -0.2) is 0 Å². The van der Waals surface area contributed by atoms with E-state index >= 15 is 0 Å². The summed E-state index contributed by atoms with van der Waals surface area (Å²) in [5, 5.41) is 2.82. The van der Waals surface area contributed by atoms with Gasteiger partial charge in [-0.3, -0.25) is 9.59 Å². The van der Waals surface area contributed by atoms with Crippen molar-refractivity contribution >= 4 is 17.5 Å². The standard InChI is InChI=1S/C22H29N3O3/c1-4-14-25(15-20(26)24-18-12-8-9-13-19(18)28-3)22(27)16(2)21(23)17-10-6-5-7-11-17/h5-13,16,21H,4,14-15,23H2,1-3H3,(H,24,26). The Balaban J connectivity index is 2.06. The maximum Gasteiger partial charge on any atom is 0.244 e. The Morgan fingerprint density at radius 2 is 1.75 bits per heavy atom. The van der Waals surface area contributed by atoms with Gasteiger partial charge in [0.15, 0.2) is 0 Å². The van der Waals surface area contributed by atoms with Crippen molar-refractivity contribution in [3.05, 3.63) is 60.2 Å². The van der Waals surface area contributed by atoms with Crippen LogP contribution >= 0.6 is 0 Å². The van der Waals surface area contributed by atoms with Crippen LogP contribution in [0.15, 0.2) is 54.6 Å². The summed E-state index contributed by atoms with van der Waals surface area (Å²) in [4.78, 5) is 27.1. The van der Waals surface area contributed by atoms with Crippen LogP contribution in [-0.2, 0) is 9.59 Å². The summed E-state index contributed by atoms with van der Waals surface area (Å²) in [7, 11) is 1.55. The third kappa shape index (κ3) is 5.57. The van der Waals surface area contributed by atoms with Crippen molar-refractivity contribution < 1.29 is 14.3 Å². The first kappa shape index (κ1) is 21.4. The Hall–Kier alpha value is -2.86. The van der Waals surface area contributed by atoms with E-state index in [0.717, 1.165) is 12.0 Å². The molecular formula is C22H29N3O3. The van der Waals surface area contributed by atoms with Crippen molar-refractivity contribution in [2.45, 2.75) is 26.3 Å². The van der Waals surface area contributed by atoms with E-state index in [9.17, 15) is 9.59 Å². The Morgan fingerprint density at radius 3 is 2.39 bits per heavy atom. The van der Waals surface area contributed by atoms with Crippen LogP contribution < -0.4 is 15.8 Å². The van der Waals surface area contributed by atoms with E-state index in [-0.39, 0.29) is 18.4 Å². The van der Waals surface area contributed by atoms with Crippen molar-refractivity contribution in [1.29, 1.82) is 0 Å². The van der Waals surface area contributed by atoms with Gasteiger partial charge in [-0.05, 0) is 24.1 Å². The van der Waals surface area contributed by atoms with E-state index in [1.54, 1.807) is 31.1 Å². The third-order valence-electron chi connectivity index (χ3n) is 4.63. The molecule has 0 saturated carbocycles. The van der Waals surface area contributed by atoms with Crippen LogP contribution in [0.3, 0.4) is 0 Å². The summed E-state index contributed by atoms with van der Waals surface area (Å²) < 4.78 is 5.25. The average Bonchev–Trinajstić information content (AvgIpc) is 2.72. The molecule has 2 aromatic rings. The second kappa shape index (κ2) is 10.5. The summed E-state index contributed by atoms with van der Waals surface area (Å²) in [6.45, 7) is 4.24. The maximum absolute atomic E-state index is 13.0. The monoisotopic (exact) mass is 383 g/mol. The number of carbonyl (C=O) groups excluding carboxylic acids is 2. The number of carbonyl (C=O) groups is 2. The van der Waals surface area contributed by atoms with Gasteiger partial charge in [-0.2, -0.15) is 0 Å². The van der Waals surface area contributed by atoms with Crippen LogP contribution in [0.25, 0.3) is 0 Å². The number of amides is 2. The van der Waals surface area contributed by atoms with Gasteiger partial charge in [0.25, 0.3) is 0 Å². The van der Waals surface area contributed by atoms with Gasteiger partial charge in [-0.1, -0.05) is 56.3 Å². The molecule has 0 aromatic heterocycles. The molecule has 0 radical (unpaired) electrons. The number of ether oxygens (including phenoxy) is 1. The minimum atomic E-state index is -0.437. The fourth-order valence-electron chi connectivity index (χ4n) is 3.05. The lowest BCUT2D eigenvalue weighted by atomic mass is 9.94. The van der Waals surface area contributed by atoms with Crippen molar-refractivity contribution in [2.75, 3.05) is 25.5 Å². The molecule has 6 nitrogen and oxygen atoms in total. The largest absolute Gasteiger partial charge is 0.495 e. The molecular weight excluding hydrogens is 354 g/mol. The Morgan fingerprint density at radius 1 is 1.11 bits per heavy atom. The number of rotatable bonds is 9. The number of para-hydroxylation sites is 2. The molecule has 2 atom stereocenters. The SMILES string of the molecule is CCCN(CC(=O)Nc1ccccc1OC)C(=O)C(C)C(N)c1ccccc1. The Labute approximate surface area is 166 Å². The molecule has 150 valence electrons. The summed E-state index contributed by atoms with van der Waals surface area (Å²) in [6.07, 6.45) is 0.751. The zero-order chi connectivity index (χ0) is 20.5. The molecule has 0 spiro atoms. The number of nitrogens with one attached hydrogen (secondary N) is 1. The van der Waals surface area contributed by atoms with Crippen LogP contribution in [-0.4, -0.2) is 36.9 Å². The molecule has 2 unspecified atom stereocenters. The van der Waals surface area contributed by atoms with Gasteiger partial charge in [0.2, 0.25) is 11.8 Å². The number of nitrogens with two attached hydrogens (primary N) is 1. The van der Waals surface area contributed by atoms with E-state index in [0.29, 0.717) is 18.0 Å². The van der Waals surface area contributed by atoms with Crippen molar-refractivity contribution in [2.24, 2.45) is 11.7 Å². The normalized spacial score (nSPS) is 12.7. The lowest BCUT2D eigenvalue weighted by Gasteiger charge is -2.28. The second-order valence-corrected chi connectivity index (χ2v) is 6.73. The van der Waals surface area contributed by atoms with Crippen LogP contribution in [0.4, 0.5) is 5.69 Å². The highest BCUT2D eigenvalue weighted by Gasteiger charge is 2.27. The summed E-state index contributed by atoms with van der Waals surface area (Å²) in [5.41, 5.74) is 7.78. The smallest absolute Gasteiger partial charge is 0.244 e. The molecule has 2 amide bonds. The van der Waals surface area contributed by atoms with Gasteiger partial charge in [0, 0.05) is 12.6 Å². The highest BCUT2D eigenvalue weighted by Crippen LogP contribution is 2.24. The first-order valence-corrected chi connectivity index (χ1v) is 9.50. The quantitative estimate of drug-likeness (QED) is 0.696. The van der Waals surface area contributed by atoms with E-state index in [4.69, 9.17) is 10.5 Å². The molecule has 28 heavy (non-hydrogen) atoms. The molecule has 0 aliphatic rings. The van der Waals surface area contributed by atoms with Crippen molar-refractivity contribution in [1.82, 2.24) is 4.90 Å². The first-order chi connectivity index (χ1) is 13.5. The predicted octanol–water partition coefficient (Wildman–Crippen LogP) is 3.21. The lowest BCUT2D eigenvalue weighted by molar-refractivity contribution is -0.138. The van der Waals surface area contributed by atoms with E-state index in [1.165, 1.54) is 0 Å². The molecule has 0 heterocycles. The molecule has 0 bridgehead atoms. The van der Waals surface area contributed by atoms with E-state index in [2.05, 4.69) is 5.32 Å². The number of hydrogen-bond acceptors (Lipinski definition) is 4. The number of nitrogens with zero attached hydrogens (tertiary/aromatic N) is 1. The van der Waals surface area contributed by atoms with Crippen molar-refractivity contribution in [3.8, 4) is 5.75 Å². The summed E-state index contributed by atoms with van der Waals surface area (Å²) in [6, 6.07) is 16.3. The molecule has 0 fully saturated rings. The van der Waals surface area contributed by atoms with Gasteiger partial charge >= 0.3 is 0 Å². The fraction of sp³-hybridized carbons (Fsp3) is 0.364. The molecule has 0 aliphatic heterocycles. The van der Waals surface area contributed by atoms with Gasteiger partial charge < -0.3 is 20.7 Å². The minimum absolute atomic E-state index is 0.0312. The zero-order valence-electron chi connectivity index (χ0n) is 16.7. The number of anilines is 1. The first-order valence-electron chi connectivity index (χ1n) is 9.50. The van der Waals surface area contributed by atoms with Gasteiger partial charge in [0.1, 0.15) is 5.75 Å². The third-order valence-corrected chi connectivity index (χ3v) is 4.63.